The minimum atomic E-state index is -0.365. The molecule has 2 amide bonds. The normalized spacial score (nSPS) is 10.5. The van der Waals surface area contributed by atoms with Crippen LogP contribution in [-0.4, -0.2) is 27.0 Å². The third-order valence-corrected chi connectivity index (χ3v) is 5.37. The predicted molar refractivity (Wildman–Crippen MR) is 127 cm³/mol. The maximum Gasteiger partial charge on any atom is 0.272 e. The van der Waals surface area contributed by atoms with E-state index in [9.17, 15) is 9.59 Å². The molecule has 3 rings (SSSR count). The highest BCUT2D eigenvalue weighted by Crippen LogP contribution is 2.28. The van der Waals surface area contributed by atoms with Crippen molar-refractivity contribution < 1.29 is 14.8 Å². The molecule has 0 fully saturated rings. The molecule has 8 nitrogen and oxygen atoms in total. The number of carbonyl (C=O) groups excluding carboxylic acids is 2. The van der Waals surface area contributed by atoms with Gasteiger partial charge >= 0.3 is 0 Å². The van der Waals surface area contributed by atoms with Crippen LogP contribution in [0.2, 0.25) is 5.02 Å². The van der Waals surface area contributed by atoms with Gasteiger partial charge in [0.1, 0.15) is 5.82 Å². The minimum absolute atomic E-state index is 0.316. The Morgan fingerprint density at radius 3 is 2.30 bits per heavy atom. The molecule has 0 aliphatic rings. The van der Waals surface area contributed by atoms with Gasteiger partial charge in [-0.15, -0.1) is 0 Å². The monoisotopic (exact) mass is 467 g/mol. The number of carbonyl (C=O) groups is 2. The summed E-state index contributed by atoms with van der Waals surface area (Å²) >= 11 is 6.24. The molecule has 0 atom stereocenters. The predicted octanol–water partition coefficient (Wildman–Crippen LogP) is 4.55. The Morgan fingerprint density at radius 1 is 0.909 bits per heavy atom. The van der Waals surface area contributed by atoms with Crippen molar-refractivity contribution in [2.24, 2.45) is 0 Å². The SMILES string of the molecule is O=C(CCCCCCc1ncc(C(=O)NNc2ccc(-c3ccccc3Cl)cc2)cn1)NO. The summed E-state index contributed by atoms with van der Waals surface area (Å²) in [4.78, 5) is 31.8. The van der Waals surface area contributed by atoms with Crippen molar-refractivity contribution >= 4 is 29.1 Å². The number of aryl methyl sites for hydroxylation is 1. The van der Waals surface area contributed by atoms with Crippen LogP contribution in [0.5, 0.6) is 0 Å². The van der Waals surface area contributed by atoms with Crippen molar-refractivity contribution in [3.8, 4) is 11.1 Å². The lowest BCUT2D eigenvalue weighted by Gasteiger charge is -2.10. The molecule has 2 aromatic carbocycles. The van der Waals surface area contributed by atoms with Gasteiger partial charge in [0.05, 0.1) is 11.3 Å². The van der Waals surface area contributed by atoms with Crippen LogP contribution >= 0.6 is 11.6 Å². The van der Waals surface area contributed by atoms with Crippen LogP contribution < -0.4 is 16.3 Å². The Kier molecular flexibility index (Phi) is 9.17. The number of hydrogen-bond donors (Lipinski definition) is 4. The highest BCUT2D eigenvalue weighted by molar-refractivity contribution is 6.33. The second kappa shape index (κ2) is 12.5. The van der Waals surface area contributed by atoms with E-state index in [1.54, 1.807) is 5.48 Å². The van der Waals surface area contributed by atoms with E-state index in [1.807, 2.05) is 48.5 Å². The highest BCUT2D eigenvalue weighted by atomic mass is 35.5. The number of anilines is 1. The topological polar surface area (TPSA) is 116 Å². The molecule has 1 heterocycles. The van der Waals surface area contributed by atoms with Crippen LogP contribution in [0.4, 0.5) is 5.69 Å². The Labute approximate surface area is 197 Å². The number of unbranched alkanes of at least 4 members (excludes halogenated alkanes) is 3. The van der Waals surface area contributed by atoms with E-state index in [1.165, 1.54) is 12.4 Å². The quantitative estimate of drug-likeness (QED) is 0.187. The van der Waals surface area contributed by atoms with E-state index in [0.29, 0.717) is 29.3 Å². The average Bonchev–Trinajstić information content (AvgIpc) is 2.85. The van der Waals surface area contributed by atoms with Gasteiger partial charge < -0.3 is 0 Å². The number of hydrazine groups is 1. The summed E-state index contributed by atoms with van der Waals surface area (Å²) in [6.45, 7) is 0. The first-order valence-electron chi connectivity index (χ1n) is 10.7. The first-order valence-corrected chi connectivity index (χ1v) is 11.1. The summed E-state index contributed by atoms with van der Waals surface area (Å²) in [6, 6.07) is 15.2. The molecular weight excluding hydrogens is 442 g/mol. The zero-order chi connectivity index (χ0) is 23.5. The Balaban J connectivity index is 1.41. The van der Waals surface area contributed by atoms with Crippen LogP contribution in [0.15, 0.2) is 60.9 Å². The maximum atomic E-state index is 12.4. The first kappa shape index (κ1) is 24.2. The maximum absolute atomic E-state index is 12.4. The van der Waals surface area contributed by atoms with Gasteiger partial charge in [-0.3, -0.25) is 25.6 Å². The molecule has 3 aromatic rings. The molecule has 0 saturated carbocycles. The Bertz CT molecular complexity index is 1060. The molecule has 33 heavy (non-hydrogen) atoms. The second-order valence-electron chi connectivity index (χ2n) is 7.47. The van der Waals surface area contributed by atoms with Crippen molar-refractivity contribution in [2.75, 3.05) is 5.43 Å². The molecule has 0 radical (unpaired) electrons. The molecule has 1 aromatic heterocycles. The molecule has 172 valence electrons. The third kappa shape index (κ3) is 7.55. The summed E-state index contributed by atoms with van der Waals surface area (Å²) in [5, 5.41) is 9.13. The highest BCUT2D eigenvalue weighted by Gasteiger charge is 2.08. The lowest BCUT2D eigenvalue weighted by molar-refractivity contribution is -0.129. The summed E-state index contributed by atoms with van der Waals surface area (Å²) in [7, 11) is 0. The van der Waals surface area contributed by atoms with Crippen LogP contribution in [-0.2, 0) is 11.2 Å². The standard InChI is InChI=1S/C24H26ClN5O3/c25-21-8-6-5-7-20(21)17-11-13-19(14-12-17)28-29-24(32)18-15-26-22(27-16-18)9-3-1-2-4-10-23(31)30-33/h5-8,11-16,28,33H,1-4,9-10H2,(H,29,32)(H,30,31). The summed E-state index contributed by atoms with van der Waals surface area (Å²) < 4.78 is 0. The summed E-state index contributed by atoms with van der Waals surface area (Å²) in [5.74, 6) is -0.0301. The van der Waals surface area contributed by atoms with E-state index >= 15 is 0 Å². The fourth-order valence-electron chi connectivity index (χ4n) is 3.21. The van der Waals surface area contributed by atoms with Gasteiger partial charge in [-0.25, -0.2) is 15.4 Å². The van der Waals surface area contributed by atoms with Crippen LogP contribution in [0, 0.1) is 0 Å². The molecule has 0 aliphatic carbocycles. The van der Waals surface area contributed by atoms with Gasteiger partial charge in [0.25, 0.3) is 5.91 Å². The van der Waals surface area contributed by atoms with E-state index in [0.717, 1.165) is 42.5 Å². The zero-order valence-electron chi connectivity index (χ0n) is 18.1. The number of halogens is 1. The number of nitrogens with zero attached hydrogens (tertiary/aromatic N) is 2. The zero-order valence-corrected chi connectivity index (χ0v) is 18.8. The second-order valence-corrected chi connectivity index (χ2v) is 7.88. The average molecular weight is 468 g/mol. The van der Waals surface area contributed by atoms with Gasteiger partial charge in [-0.1, -0.05) is 54.8 Å². The number of aromatic nitrogens is 2. The van der Waals surface area contributed by atoms with Crippen LogP contribution in [0.1, 0.15) is 48.3 Å². The van der Waals surface area contributed by atoms with Crippen molar-refractivity contribution in [3.63, 3.8) is 0 Å². The molecule has 0 saturated heterocycles. The molecule has 4 N–H and O–H groups in total. The van der Waals surface area contributed by atoms with Crippen molar-refractivity contribution in [2.45, 2.75) is 38.5 Å². The van der Waals surface area contributed by atoms with Gasteiger partial charge in [-0.05, 0) is 36.6 Å². The van der Waals surface area contributed by atoms with E-state index in [2.05, 4.69) is 20.8 Å². The summed E-state index contributed by atoms with van der Waals surface area (Å²) in [5.41, 5.74) is 10.2. The van der Waals surface area contributed by atoms with E-state index in [4.69, 9.17) is 16.8 Å². The van der Waals surface area contributed by atoms with Crippen molar-refractivity contribution in [1.82, 2.24) is 20.9 Å². The number of rotatable bonds is 11. The van der Waals surface area contributed by atoms with Gasteiger partial charge in [0.2, 0.25) is 5.91 Å². The fourth-order valence-corrected chi connectivity index (χ4v) is 3.45. The lowest BCUT2D eigenvalue weighted by atomic mass is 10.1. The number of hydroxylamine groups is 1. The van der Waals surface area contributed by atoms with Crippen LogP contribution in [0.3, 0.4) is 0 Å². The van der Waals surface area contributed by atoms with Crippen LogP contribution in [0.25, 0.3) is 11.1 Å². The number of hydrogen-bond acceptors (Lipinski definition) is 6. The molecular formula is C24H26ClN5O3. The van der Waals surface area contributed by atoms with Crippen molar-refractivity contribution in [3.05, 3.63) is 77.3 Å². The van der Waals surface area contributed by atoms with Gasteiger partial charge in [-0.2, -0.15) is 0 Å². The number of benzene rings is 2. The number of nitrogens with one attached hydrogen (secondary N) is 3. The fraction of sp³-hybridized carbons (Fsp3) is 0.250. The van der Waals surface area contributed by atoms with Gasteiger partial charge in [0.15, 0.2) is 0 Å². The van der Waals surface area contributed by atoms with Crippen molar-refractivity contribution in [1.29, 1.82) is 0 Å². The lowest BCUT2D eigenvalue weighted by Crippen LogP contribution is -2.29. The smallest absolute Gasteiger partial charge is 0.272 e. The molecule has 0 unspecified atom stereocenters. The Hall–Kier alpha value is -3.49. The van der Waals surface area contributed by atoms with E-state index in [-0.39, 0.29) is 11.8 Å². The van der Waals surface area contributed by atoms with Gasteiger partial charge in [0, 0.05) is 35.8 Å². The molecule has 0 aliphatic heterocycles. The first-order chi connectivity index (χ1) is 16.1. The molecule has 9 heteroatoms. The third-order valence-electron chi connectivity index (χ3n) is 5.04. The molecule has 0 bridgehead atoms. The van der Waals surface area contributed by atoms with E-state index < -0.39 is 0 Å². The Morgan fingerprint density at radius 2 is 1.61 bits per heavy atom. The molecule has 0 spiro atoms. The number of amides is 2. The minimum Gasteiger partial charge on any atom is -0.298 e. The largest absolute Gasteiger partial charge is 0.298 e. The summed E-state index contributed by atoms with van der Waals surface area (Å²) in [6.07, 6.45) is 7.46.